The predicted molar refractivity (Wildman–Crippen MR) is 135 cm³/mol. The van der Waals surface area contributed by atoms with Gasteiger partial charge in [0.25, 0.3) is 5.91 Å². The summed E-state index contributed by atoms with van der Waals surface area (Å²) in [4.78, 5) is 30.1. The van der Waals surface area contributed by atoms with Crippen molar-refractivity contribution in [2.75, 3.05) is 16.0 Å². The number of fused-ring (bicyclic) bond motifs is 1. The van der Waals surface area contributed by atoms with Crippen LogP contribution < -0.4 is 16.0 Å². The molecule has 3 amide bonds. The second kappa shape index (κ2) is 9.74. The molecule has 2 aromatic heterocycles. The van der Waals surface area contributed by atoms with E-state index in [1.807, 2.05) is 68.8 Å². The Kier molecular flexibility index (Phi) is 6.58. The molecule has 0 radical (unpaired) electrons. The zero-order valence-corrected chi connectivity index (χ0v) is 19.7. The Morgan fingerprint density at radius 3 is 2.00 bits per heavy atom. The van der Waals surface area contributed by atoms with E-state index in [4.69, 9.17) is 4.98 Å². The molecule has 0 saturated heterocycles. The van der Waals surface area contributed by atoms with Crippen molar-refractivity contribution in [3.63, 3.8) is 0 Å². The van der Waals surface area contributed by atoms with Crippen LogP contribution in [0, 0.1) is 0 Å². The third kappa shape index (κ3) is 5.06. The van der Waals surface area contributed by atoms with Crippen LogP contribution in [0.1, 0.15) is 55.7 Å². The van der Waals surface area contributed by atoms with E-state index in [0.717, 1.165) is 5.69 Å². The summed E-state index contributed by atoms with van der Waals surface area (Å²) in [6.07, 6.45) is 1.69. The van der Waals surface area contributed by atoms with Crippen LogP contribution >= 0.6 is 0 Å². The lowest BCUT2D eigenvalue weighted by atomic mass is 10.0. The first-order chi connectivity index (χ1) is 16.3. The zero-order chi connectivity index (χ0) is 24.2. The van der Waals surface area contributed by atoms with Gasteiger partial charge in [0.2, 0.25) is 0 Å². The summed E-state index contributed by atoms with van der Waals surface area (Å²) in [5.41, 5.74) is 4.00. The van der Waals surface area contributed by atoms with Gasteiger partial charge in [-0.3, -0.25) is 4.79 Å². The summed E-state index contributed by atoms with van der Waals surface area (Å²) in [6.45, 7) is 8.16. The quantitative estimate of drug-likeness (QED) is 0.330. The second-order valence-electron chi connectivity index (χ2n) is 8.65. The van der Waals surface area contributed by atoms with Crippen molar-refractivity contribution < 1.29 is 9.59 Å². The van der Waals surface area contributed by atoms with Gasteiger partial charge in [-0.25, -0.2) is 14.5 Å². The van der Waals surface area contributed by atoms with Gasteiger partial charge in [-0.2, -0.15) is 5.10 Å². The molecule has 0 saturated carbocycles. The predicted octanol–water partition coefficient (Wildman–Crippen LogP) is 6.03. The summed E-state index contributed by atoms with van der Waals surface area (Å²) in [5.74, 6) is -0.0704. The number of carbonyl (C=O) groups excluding carboxylic acids is 2. The number of amides is 3. The number of anilines is 3. The Labute approximate surface area is 198 Å². The zero-order valence-electron chi connectivity index (χ0n) is 19.7. The normalized spacial score (nSPS) is 11.1. The van der Waals surface area contributed by atoms with Crippen LogP contribution in [0.25, 0.3) is 11.0 Å². The van der Waals surface area contributed by atoms with Crippen LogP contribution in [0.2, 0.25) is 0 Å². The van der Waals surface area contributed by atoms with Crippen molar-refractivity contribution in [3.8, 4) is 0 Å². The number of rotatable bonds is 6. The van der Waals surface area contributed by atoms with E-state index in [-0.39, 0.29) is 23.9 Å². The van der Waals surface area contributed by atoms with Gasteiger partial charge in [0.05, 0.1) is 17.1 Å². The fraction of sp³-hybridized carbons (Fsp3) is 0.231. The van der Waals surface area contributed by atoms with Gasteiger partial charge in [0.1, 0.15) is 0 Å². The average Bonchev–Trinajstić information content (AvgIpc) is 3.24. The Morgan fingerprint density at radius 1 is 0.824 bits per heavy atom. The smallest absolute Gasteiger partial charge is 0.322 e. The number of para-hydroxylation sites is 1. The third-order valence-corrected chi connectivity index (χ3v) is 5.34. The minimum atomic E-state index is -0.342. The van der Waals surface area contributed by atoms with Crippen molar-refractivity contribution in [2.24, 2.45) is 0 Å². The van der Waals surface area contributed by atoms with E-state index in [2.05, 4.69) is 21.0 Å². The molecular formula is C26H28N6O2. The Morgan fingerprint density at radius 2 is 1.41 bits per heavy atom. The van der Waals surface area contributed by atoms with Crippen LogP contribution in [0.4, 0.5) is 21.9 Å². The molecule has 8 heteroatoms. The molecule has 0 bridgehead atoms. The maximum Gasteiger partial charge on any atom is 0.323 e. The van der Waals surface area contributed by atoms with Gasteiger partial charge in [0.15, 0.2) is 5.65 Å². The average molecular weight is 457 g/mol. The van der Waals surface area contributed by atoms with Gasteiger partial charge >= 0.3 is 6.03 Å². The monoisotopic (exact) mass is 456 g/mol. The van der Waals surface area contributed by atoms with Crippen LogP contribution in [0.5, 0.6) is 0 Å². The van der Waals surface area contributed by atoms with E-state index in [1.54, 1.807) is 30.5 Å². The topological polar surface area (TPSA) is 101 Å². The molecule has 34 heavy (non-hydrogen) atoms. The maximum atomic E-state index is 13.2. The van der Waals surface area contributed by atoms with Gasteiger partial charge in [0, 0.05) is 28.8 Å². The van der Waals surface area contributed by atoms with Crippen molar-refractivity contribution in [1.29, 1.82) is 0 Å². The SMILES string of the molecule is CC(C)c1cc(C(=O)Nc2ccc(NC(=O)Nc3ccccc3)cc2)c2cnn(C(C)C)c2n1. The molecule has 2 aromatic carbocycles. The summed E-state index contributed by atoms with van der Waals surface area (Å²) < 4.78 is 1.83. The number of nitrogens with zero attached hydrogens (tertiary/aromatic N) is 3. The number of aromatic nitrogens is 3. The molecule has 4 rings (SSSR count). The highest BCUT2D eigenvalue weighted by Crippen LogP contribution is 2.25. The molecule has 3 N–H and O–H groups in total. The minimum Gasteiger partial charge on any atom is -0.322 e. The molecule has 0 fully saturated rings. The molecule has 0 unspecified atom stereocenters. The molecule has 174 valence electrons. The summed E-state index contributed by atoms with van der Waals surface area (Å²) in [6, 6.07) is 17.8. The first-order valence-electron chi connectivity index (χ1n) is 11.2. The van der Waals surface area contributed by atoms with E-state index in [0.29, 0.717) is 33.7 Å². The molecule has 2 heterocycles. The van der Waals surface area contributed by atoms with Crippen molar-refractivity contribution in [1.82, 2.24) is 14.8 Å². The number of carbonyl (C=O) groups is 2. The van der Waals surface area contributed by atoms with Gasteiger partial charge in [-0.05, 0) is 62.2 Å². The van der Waals surface area contributed by atoms with E-state index in [1.165, 1.54) is 0 Å². The highest BCUT2D eigenvalue weighted by Gasteiger charge is 2.19. The van der Waals surface area contributed by atoms with E-state index in [9.17, 15) is 9.59 Å². The van der Waals surface area contributed by atoms with Crippen molar-refractivity contribution >= 4 is 40.0 Å². The molecular weight excluding hydrogens is 428 g/mol. The molecule has 0 spiro atoms. The van der Waals surface area contributed by atoms with Crippen molar-refractivity contribution in [3.05, 3.63) is 78.1 Å². The summed E-state index contributed by atoms with van der Waals surface area (Å²) >= 11 is 0. The Hall–Kier alpha value is -4.20. The molecule has 0 aliphatic rings. The first-order valence-corrected chi connectivity index (χ1v) is 11.2. The fourth-order valence-electron chi connectivity index (χ4n) is 3.55. The highest BCUT2D eigenvalue weighted by molar-refractivity contribution is 6.12. The molecule has 4 aromatic rings. The lowest BCUT2D eigenvalue weighted by Gasteiger charge is -2.13. The third-order valence-electron chi connectivity index (χ3n) is 5.34. The molecule has 0 aliphatic heterocycles. The second-order valence-corrected chi connectivity index (χ2v) is 8.65. The lowest BCUT2D eigenvalue weighted by molar-refractivity contribution is 0.102. The molecule has 0 atom stereocenters. The maximum absolute atomic E-state index is 13.2. The van der Waals surface area contributed by atoms with Gasteiger partial charge in [-0.15, -0.1) is 0 Å². The largest absolute Gasteiger partial charge is 0.323 e. The Bertz CT molecular complexity index is 1310. The summed E-state index contributed by atoms with van der Waals surface area (Å²) in [5, 5.41) is 13.6. The number of urea groups is 1. The van der Waals surface area contributed by atoms with Gasteiger partial charge in [-0.1, -0.05) is 32.0 Å². The van der Waals surface area contributed by atoms with E-state index >= 15 is 0 Å². The van der Waals surface area contributed by atoms with Crippen LogP contribution in [-0.2, 0) is 0 Å². The first kappa shape index (κ1) is 23.0. The number of nitrogens with one attached hydrogen (secondary N) is 3. The number of hydrogen-bond acceptors (Lipinski definition) is 4. The molecule has 0 aliphatic carbocycles. The van der Waals surface area contributed by atoms with Crippen LogP contribution in [0.15, 0.2) is 66.9 Å². The molecule has 8 nitrogen and oxygen atoms in total. The highest BCUT2D eigenvalue weighted by atomic mass is 16.2. The van der Waals surface area contributed by atoms with E-state index < -0.39 is 0 Å². The number of hydrogen-bond donors (Lipinski definition) is 3. The van der Waals surface area contributed by atoms with Crippen molar-refractivity contribution in [2.45, 2.75) is 39.7 Å². The van der Waals surface area contributed by atoms with Gasteiger partial charge < -0.3 is 16.0 Å². The lowest BCUT2D eigenvalue weighted by Crippen LogP contribution is -2.19. The minimum absolute atomic E-state index is 0.127. The fourth-order valence-corrected chi connectivity index (χ4v) is 3.55. The van der Waals surface area contributed by atoms with Crippen LogP contribution in [0.3, 0.4) is 0 Å². The van der Waals surface area contributed by atoms with Crippen LogP contribution in [-0.4, -0.2) is 26.7 Å². The number of benzene rings is 2. The number of pyridine rings is 1. The standard InChI is InChI=1S/C26H28N6O2/c1-16(2)23-14-21(22-15-27-32(17(3)4)24(22)31-23)25(33)28-19-10-12-20(13-11-19)30-26(34)29-18-8-6-5-7-9-18/h5-17H,1-4H3,(H,28,33)(H2,29,30,34). The summed E-state index contributed by atoms with van der Waals surface area (Å²) in [7, 11) is 0. The Balaban J connectivity index is 1.50.